The molecule has 24 heavy (non-hydrogen) atoms. The molecule has 1 aromatic carbocycles. The number of rotatable bonds is 5. The van der Waals surface area contributed by atoms with Gasteiger partial charge in [-0.2, -0.15) is 0 Å². The molecule has 0 aliphatic carbocycles. The monoisotopic (exact) mass is 345 g/mol. The zero-order valence-electron chi connectivity index (χ0n) is 14.3. The van der Waals surface area contributed by atoms with Gasteiger partial charge in [0.1, 0.15) is 5.69 Å². The van der Waals surface area contributed by atoms with Crippen LogP contribution in [-0.4, -0.2) is 35.0 Å². The highest BCUT2D eigenvalue weighted by Crippen LogP contribution is 2.26. The van der Waals surface area contributed by atoms with Crippen molar-refractivity contribution in [2.24, 2.45) is 7.05 Å². The summed E-state index contributed by atoms with van der Waals surface area (Å²) in [5, 5.41) is 3.84. The summed E-state index contributed by atoms with van der Waals surface area (Å²) in [7, 11) is 1.92. The van der Waals surface area contributed by atoms with Crippen LogP contribution >= 0.6 is 11.6 Å². The van der Waals surface area contributed by atoms with Crippen LogP contribution in [0.25, 0.3) is 0 Å². The third-order valence-electron chi connectivity index (χ3n) is 4.88. The molecule has 5 heteroatoms. The number of aryl methyl sites for hydroxylation is 1. The smallest absolute Gasteiger partial charge is 0.267 e. The van der Waals surface area contributed by atoms with Gasteiger partial charge in [0.2, 0.25) is 0 Å². The van der Waals surface area contributed by atoms with Crippen molar-refractivity contribution in [3.63, 3.8) is 0 Å². The average Bonchev–Trinajstić information content (AvgIpc) is 3.19. The third kappa shape index (κ3) is 3.65. The Morgan fingerprint density at radius 3 is 2.62 bits per heavy atom. The molecule has 2 heterocycles. The second-order valence-electron chi connectivity index (χ2n) is 6.44. The van der Waals surface area contributed by atoms with Crippen molar-refractivity contribution >= 4 is 17.5 Å². The maximum absolute atomic E-state index is 12.5. The van der Waals surface area contributed by atoms with Crippen LogP contribution in [0.15, 0.2) is 36.4 Å². The molecule has 0 radical (unpaired) electrons. The van der Waals surface area contributed by atoms with Gasteiger partial charge >= 0.3 is 0 Å². The Morgan fingerprint density at radius 1 is 1.25 bits per heavy atom. The van der Waals surface area contributed by atoms with E-state index in [0.29, 0.717) is 12.2 Å². The minimum absolute atomic E-state index is 0.0307. The number of nitrogens with one attached hydrogen (secondary N) is 1. The van der Waals surface area contributed by atoms with Crippen LogP contribution in [0.3, 0.4) is 0 Å². The lowest BCUT2D eigenvalue weighted by Crippen LogP contribution is -2.37. The van der Waals surface area contributed by atoms with Crippen LogP contribution in [0.1, 0.15) is 40.6 Å². The van der Waals surface area contributed by atoms with Gasteiger partial charge in [0.25, 0.3) is 5.91 Å². The summed E-state index contributed by atoms with van der Waals surface area (Å²) in [6, 6.07) is 12.0. The quantitative estimate of drug-likeness (QED) is 0.899. The SMILES string of the molecule is Cc1ccc(C(=O)NCC(c2cccc(Cl)c2)N2CCCC2)n1C. The van der Waals surface area contributed by atoms with E-state index in [1.54, 1.807) is 0 Å². The van der Waals surface area contributed by atoms with Gasteiger partial charge in [-0.25, -0.2) is 0 Å². The summed E-state index contributed by atoms with van der Waals surface area (Å²) < 4.78 is 1.92. The number of hydrogen-bond acceptors (Lipinski definition) is 2. The minimum Gasteiger partial charge on any atom is -0.349 e. The standard InChI is InChI=1S/C19H24ClN3O/c1-14-8-9-17(22(14)2)19(24)21-13-18(23-10-3-4-11-23)15-6-5-7-16(20)12-15/h5-9,12,18H,3-4,10-11,13H2,1-2H3,(H,21,24). The molecule has 1 aromatic heterocycles. The Kier molecular flexibility index (Phi) is 5.27. The molecular weight excluding hydrogens is 322 g/mol. The molecule has 4 nitrogen and oxygen atoms in total. The molecule has 3 rings (SSSR count). The van der Waals surface area contributed by atoms with Gasteiger partial charge in [-0.1, -0.05) is 23.7 Å². The first-order valence-electron chi connectivity index (χ1n) is 8.46. The minimum atomic E-state index is -0.0307. The predicted molar refractivity (Wildman–Crippen MR) is 97.5 cm³/mol. The van der Waals surface area contributed by atoms with Crippen LogP contribution in [0.4, 0.5) is 0 Å². The number of carbonyl (C=O) groups is 1. The maximum atomic E-state index is 12.5. The highest BCUT2D eigenvalue weighted by molar-refractivity contribution is 6.30. The molecule has 1 atom stereocenters. The van der Waals surface area contributed by atoms with Crippen LogP contribution in [0, 0.1) is 6.92 Å². The summed E-state index contributed by atoms with van der Waals surface area (Å²) in [6.07, 6.45) is 2.42. The molecule has 0 bridgehead atoms. The number of amides is 1. The summed E-state index contributed by atoms with van der Waals surface area (Å²) >= 11 is 6.17. The normalized spacial score (nSPS) is 16.3. The van der Waals surface area contributed by atoms with Gasteiger partial charge in [-0.05, 0) is 62.7 Å². The van der Waals surface area contributed by atoms with Crippen molar-refractivity contribution in [2.45, 2.75) is 25.8 Å². The van der Waals surface area contributed by atoms with Crippen molar-refractivity contribution in [3.05, 3.63) is 58.4 Å². The highest BCUT2D eigenvalue weighted by atomic mass is 35.5. The van der Waals surface area contributed by atoms with Gasteiger partial charge in [0, 0.05) is 24.3 Å². The summed E-state index contributed by atoms with van der Waals surface area (Å²) in [6.45, 7) is 4.71. The number of hydrogen-bond donors (Lipinski definition) is 1. The fraction of sp³-hybridized carbons (Fsp3) is 0.421. The molecule has 1 unspecified atom stereocenters. The molecule has 1 fully saturated rings. The summed E-state index contributed by atoms with van der Waals surface area (Å²) in [5.74, 6) is -0.0307. The van der Waals surface area contributed by atoms with Crippen molar-refractivity contribution in [1.82, 2.24) is 14.8 Å². The van der Waals surface area contributed by atoms with E-state index in [1.165, 1.54) is 12.8 Å². The molecule has 1 aliphatic heterocycles. The zero-order valence-corrected chi connectivity index (χ0v) is 15.0. The third-order valence-corrected chi connectivity index (χ3v) is 5.11. The number of halogens is 1. The largest absolute Gasteiger partial charge is 0.349 e. The maximum Gasteiger partial charge on any atom is 0.267 e. The lowest BCUT2D eigenvalue weighted by Gasteiger charge is -2.28. The Morgan fingerprint density at radius 2 is 2.00 bits per heavy atom. The van der Waals surface area contributed by atoms with Gasteiger partial charge < -0.3 is 9.88 Å². The number of aromatic nitrogens is 1. The first-order valence-corrected chi connectivity index (χ1v) is 8.84. The molecule has 1 saturated heterocycles. The first-order chi connectivity index (χ1) is 11.6. The molecule has 1 N–H and O–H groups in total. The van der Waals surface area contributed by atoms with Gasteiger partial charge in [0.15, 0.2) is 0 Å². The number of likely N-dealkylation sites (tertiary alicyclic amines) is 1. The fourth-order valence-electron chi connectivity index (χ4n) is 3.35. The topological polar surface area (TPSA) is 37.3 Å². The van der Waals surface area contributed by atoms with E-state index in [9.17, 15) is 4.79 Å². The zero-order chi connectivity index (χ0) is 17.1. The van der Waals surface area contributed by atoms with E-state index in [1.807, 2.05) is 48.9 Å². The lowest BCUT2D eigenvalue weighted by atomic mass is 10.1. The second kappa shape index (κ2) is 7.41. The molecule has 0 saturated carbocycles. The molecule has 128 valence electrons. The lowest BCUT2D eigenvalue weighted by molar-refractivity contribution is 0.0929. The van der Waals surface area contributed by atoms with Crippen LogP contribution in [-0.2, 0) is 7.05 Å². The van der Waals surface area contributed by atoms with E-state index in [0.717, 1.165) is 29.4 Å². The fourth-order valence-corrected chi connectivity index (χ4v) is 3.54. The number of benzene rings is 1. The first kappa shape index (κ1) is 17.1. The molecule has 1 aliphatic rings. The van der Waals surface area contributed by atoms with E-state index in [2.05, 4.69) is 16.3 Å². The van der Waals surface area contributed by atoms with Crippen LogP contribution < -0.4 is 5.32 Å². The number of carbonyl (C=O) groups excluding carboxylic acids is 1. The Bertz CT molecular complexity index is 719. The van der Waals surface area contributed by atoms with Crippen molar-refractivity contribution in [3.8, 4) is 0 Å². The van der Waals surface area contributed by atoms with Crippen molar-refractivity contribution < 1.29 is 4.79 Å². The molecule has 1 amide bonds. The predicted octanol–water partition coefficient (Wildman–Crippen LogP) is 3.55. The van der Waals surface area contributed by atoms with E-state index < -0.39 is 0 Å². The van der Waals surface area contributed by atoms with Gasteiger partial charge in [-0.15, -0.1) is 0 Å². The molecule has 0 spiro atoms. The Hall–Kier alpha value is -1.78. The van der Waals surface area contributed by atoms with Crippen LogP contribution in [0.5, 0.6) is 0 Å². The highest BCUT2D eigenvalue weighted by Gasteiger charge is 2.24. The molecular formula is C19H24ClN3O. The summed E-state index contributed by atoms with van der Waals surface area (Å²) in [5.41, 5.74) is 2.93. The van der Waals surface area contributed by atoms with E-state index >= 15 is 0 Å². The average molecular weight is 346 g/mol. The molecule has 2 aromatic rings. The Balaban J connectivity index is 1.74. The Labute approximate surface area is 148 Å². The van der Waals surface area contributed by atoms with Crippen molar-refractivity contribution in [2.75, 3.05) is 19.6 Å². The second-order valence-corrected chi connectivity index (χ2v) is 6.88. The van der Waals surface area contributed by atoms with E-state index in [-0.39, 0.29) is 11.9 Å². The van der Waals surface area contributed by atoms with Gasteiger partial charge in [-0.3, -0.25) is 9.69 Å². The van der Waals surface area contributed by atoms with Crippen molar-refractivity contribution in [1.29, 1.82) is 0 Å². The van der Waals surface area contributed by atoms with Crippen LogP contribution in [0.2, 0.25) is 5.02 Å². The number of nitrogens with zero attached hydrogens (tertiary/aromatic N) is 2. The van der Waals surface area contributed by atoms with Gasteiger partial charge in [0.05, 0.1) is 6.04 Å². The summed E-state index contributed by atoms with van der Waals surface area (Å²) in [4.78, 5) is 15.0. The van der Waals surface area contributed by atoms with E-state index in [4.69, 9.17) is 11.6 Å².